The molecule has 0 saturated carbocycles. The Labute approximate surface area is 147 Å². The van der Waals surface area contributed by atoms with Gasteiger partial charge in [-0.1, -0.05) is 6.07 Å². The van der Waals surface area contributed by atoms with Gasteiger partial charge in [-0.15, -0.1) is 0 Å². The Morgan fingerprint density at radius 3 is 3.00 bits per heavy atom. The van der Waals surface area contributed by atoms with Crippen molar-refractivity contribution in [2.45, 2.75) is 32.9 Å². The largest absolute Gasteiger partial charge is 0.356 e. The molecule has 25 heavy (non-hydrogen) atoms. The molecular formula is C18H23N5O2. The van der Waals surface area contributed by atoms with E-state index in [1.807, 2.05) is 42.2 Å². The molecule has 132 valence electrons. The molecule has 0 bridgehead atoms. The van der Waals surface area contributed by atoms with Gasteiger partial charge < -0.3 is 10.2 Å². The molecule has 1 atom stereocenters. The number of aromatic nitrogens is 3. The van der Waals surface area contributed by atoms with E-state index < -0.39 is 0 Å². The third kappa shape index (κ3) is 4.65. The zero-order valence-electron chi connectivity index (χ0n) is 14.4. The molecule has 2 aromatic heterocycles. The molecule has 2 aromatic rings. The molecule has 0 aromatic carbocycles. The first-order valence-corrected chi connectivity index (χ1v) is 8.56. The van der Waals surface area contributed by atoms with Crippen LogP contribution in [0.2, 0.25) is 0 Å². The molecule has 2 amide bonds. The topological polar surface area (TPSA) is 80.1 Å². The summed E-state index contributed by atoms with van der Waals surface area (Å²) in [4.78, 5) is 30.3. The van der Waals surface area contributed by atoms with Crippen LogP contribution in [0, 0.1) is 12.8 Å². The number of likely N-dealkylation sites (tertiary alicyclic amines) is 1. The van der Waals surface area contributed by atoms with E-state index in [1.54, 1.807) is 11.1 Å². The second-order valence-corrected chi connectivity index (χ2v) is 6.42. The van der Waals surface area contributed by atoms with Crippen LogP contribution in [0.25, 0.3) is 0 Å². The van der Waals surface area contributed by atoms with Gasteiger partial charge in [-0.25, -0.2) is 0 Å². The minimum Gasteiger partial charge on any atom is -0.356 e. The van der Waals surface area contributed by atoms with Gasteiger partial charge in [0, 0.05) is 38.4 Å². The Morgan fingerprint density at radius 2 is 2.28 bits per heavy atom. The van der Waals surface area contributed by atoms with E-state index in [0.29, 0.717) is 19.6 Å². The summed E-state index contributed by atoms with van der Waals surface area (Å²) < 4.78 is 1.87. The Morgan fingerprint density at radius 1 is 1.40 bits per heavy atom. The molecule has 0 radical (unpaired) electrons. The third-order valence-corrected chi connectivity index (χ3v) is 4.29. The number of nitrogens with zero attached hydrogens (tertiary/aromatic N) is 4. The lowest BCUT2D eigenvalue weighted by atomic mass is 10.1. The standard InChI is InChI=1S/C18H23N5O2/c1-14-10-21-23(11-14)8-4-7-20-18(25)15-9-17(24)22(12-15)13-16-5-2-3-6-19-16/h2-3,5-6,10-11,15H,4,7-9,12-13H2,1H3,(H,20,25)/t15-/m0/s1. The maximum absolute atomic E-state index is 12.3. The minimum atomic E-state index is -0.275. The van der Waals surface area contributed by atoms with Crippen LogP contribution in [0.3, 0.4) is 0 Å². The molecule has 7 heteroatoms. The smallest absolute Gasteiger partial charge is 0.225 e. The SMILES string of the molecule is Cc1cnn(CCCNC(=O)[C@H]2CC(=O)N(Cc3ccccn3)C2)c1. The van der Waals surface area contributed by atoms with E-state index in [0.717, 1.165) is 24.2 Å². The van der Waals surface area contributed by atoms with Gasteiger partial charge in [0.05, 0.1) is 24.4 Å². The number of hydrogen-bond acceptors (Lipinski definition) is 4. The normalized spacial score (nSPS) is 17.1. The van der Waals surface area contributed by atoms with Gasteiger partial charge in [0.2, 0.25) is 11.8 Å². The second kappa shape index (κ2) is 7.92. The van der Waals surface area contributed by atoms with Crippen LogP contribution in [0.4, 0.5) is 0 Å². The highest BCUT2D eigenvalue weighted by atomic mass is 16.2. The summed E-state index contributed by atoms with van der Waals surface area (Å²) in [7, 11) is 0. The molecule has 1 aliphatic heterocycles. The molecule has 0 unspecified atom stereocenters. The maximum atomic E-state index is 12.3. The zero-order chi connectivity index (χ0) is 17.6. The number of rotatable bonds is 7. The van der Waals surface area contributed by atoms with Crippen LogP contribution in [-0.4, -0.2) is 44.6 Å². The average molecular weight is 341 g/mol. The van der Waals surface area contributed by atoms with Gasteiger partial charge >= 0.3 is 0 Å². The van der Waals surface area contributed by atoms with Crippen molar-refractivity contribution >= 4 is 11.8 Å². The highest BCUT2D eigenvalue weighted by Crippen LogP contribution is 2.19. The number of carbonyl (C=O) groups excluding carboxylic acids is 2. The molecular weight excluding hydrogens is 318 g/mol. The summed E-state index contributed by atoms with van der Waals surface area (Å²) in [6.07, 6.45) is 6.59. The lowest BCUT2D eigenvalue weighted by Gasteiger charge is -2.16. The van der Waals surface area contributed by atoms with Gasteiger partial charge in [0.25, 0.3) is 0 Å². The molecule has 1 aliphatic rings. The lowest BCUT2D eigenvalue weighted by Crippen LogP contribution is -2.33. The first-order chi connectivity index (χ1) is 12.1. The monoisotopic (exact) mass is 341 g/mol. The predicted molar refractivity (Wildman–Crippen MR) is 92.4 cm³/mol. The third-order valence-electron chi connectivity index (χ3n) is 4.29. The van der Waals surface area contributed by atoms with Crippen molar-refractivity contribution in [2.75, 3.05) is 13.1 Å². The molecule has 7 nitrogen and oxygen atoms in total. The van der Waals surface area contributed by atoms with Gasteiger partial charge in [0.1, 0.15) is 0 Å². The van der Waals surface area contributed by atoms with Gasteiger partial charge in [0.15, 0.2) is 0 Å². The first kappa shape index (κ1) is 17.1. The van der Waals surface area contributed by atoms with Crippen LogP contribution in [-0.2, 0) is 22.7 Å². The van der Waals surface area contributed by atoms with Crippen molar-refractivity contribution in [1.29, 1.82) is 0 Å². The number of hydrogen-bond donors (Lipinski definition) is 1. The first-order valence-electron chi connectivity index (χ1n) is 8.56. The summed E-state index contributed by atoms with van der Waals surface area (Å²) in [6.45, 7) is 4.27. The number of carbonyl (C=O) groups is 2. The number of amides is 2. The molecule has 3 rings (SSSR count). The molecule has 1 fully saturated rings. The predicted octanol–water partition coefficient (Wildman–Crippen LogP) is 1.14. The molecule has 3 heterocycles. The fourth-order valence-electron chi connectivity index (χ4n) is 2.97. The summed E-state index contributed by atoms with van der Waals surface area (Å²) in [5, 5.41) is 7.15. The fraction of sp³-hybridized carbons (Fsp3) is 0.444. The van der Waals surface area contributed by atoms with Crippen molar-refractivity contribution in [2.24, 2.45) is 5.92 Å². The molecule has 0 aliphatic carbocycles. The second-order valence-electron chi connectivity index (χ2n) is 6.42. The summed E-state index contributed by atoms with van der Waals surface area (Å²) >= 11 is 0. The summed E-state index contributed by atoms with van der Waals surface area (Å²) in [6, 6.07) is 5.63. The van der Waals surface area contributed by atoms with E-state index in [-0.39, 0.29) is 24.2 Å². The number of pyridine rings is 1. The highest BCUT2D eigenvalue weighted by molar-refractivity contribution is 5.89. The van der Waals surface area contributed by atoms with Crippen LogP contribution < -0.4 is 5.32 Å². The highest BCUT2D eigenvalue weighted by Gasteiger charge is 2.34. The van der Waals surface area contributed by atoms with Crippen molar-refractivity contribution in [3.8, 4) is 0 Å². The van der Waals surface area contributed by atoms with E-state index in [9.17, 15) is 9.59 Å². The lowest BCUT2D eigenvalue weighted by molar-refractivity contribution is -0.129. The quantitative estimate of drug-likeness (QED) is 0.766. The van der Waals surface area contributed by atoms with E-state index >= 15 is 0 Å². The Bertz CT molecular complexity index is 728. The van der Waals surface area contributed by atoms with E-state index in [4.69, 9.17) is 0 Å². The van der Waals surface area contributed by atoms with Crippen molar-refractivity contribution in [3.05, 3.63) is 48.0 Å². The average Bonchev–Trinajstić information content (AvgIpc) is 3.18. The Balaban J connectivity index is 1.41. The summed E-state index contributed by atoms with van der Waals surface area (Å²) in [5.41, 5.74) is 1.97. The van der Waals surface area contributed by atoms with Gasteiger partial charge in [-0.2, -0.15) is 5.10 Å². The Hall–Kier alpha value is -2.70. The van der Waals surface area contributed by atoms with E-state index in [2.05, 4.69) is 15.4 Å². The Kier molecular flexibility index (Phi) is 5.42. The maximum Gasteiger partial charge on any atom is 0.225 e. The van der Waals surface area contributed by atoms with Crippen molar-refractivity contribution in [3.63, 3.8) is 0 Å². The number of nitrogens with one attached hydrogen (secondary N) is 1. The molecule has 1 N–H and O–H groups in total. The zero-order valence-corrected chi connectivity index (χ0v) is 14.4. The molecule has 1 saturated heterocycles. The van der Waals surface area contributed by atoms with E-state index in [1.165, 1.54) is 0 Å². The van der Waals surface area contributed by atoms with Gasteiger partial charge in [-0.05, 0) is 31.0 Å². The van der Waals surface area contributed by atoms with Crippen LogP contribution in [0.15, 0.2) is 36.8 Å². The summed E-state index contributed by atoms with van der Waals surface area (Å²) in [5.74, 6) is -0.311. The van der Waals surface area contributed by atoms with Gasteiger partial charge in [-0.3, -0.25) is 19.3 Å². The molecule has 0 spiro atoms. The van der Waals surface area contributed by atoms with Crippen LogP contribution in [0.1, 0.15) is 24.1 Å². The number of aryl methyl sites for hydroxylation is 2. The minimum absolute atomic E-state index is 0.0119. The van der Waals surface area contributed by atoms with Crippen molar-refractivity contribution < 1.29 is 9.59 Å². The van der Waals surface area contributed by atoms with Crippen LogP contribution >= 0.6 is 0 Å². The van der Waals surface area contributed by atoms with Crippen LogP contribution in [0.5, 0.6) is 0 Å². The fourth-order valence-corrected chi connectivity index (χ4v) is 2.97. The van der Waals surface area contributed by atoms with Crippen molar-refractivity contribution in [1.82, 2.24) is 25.0 Å².